The van der Waals surface area contributed by atoms with Gasteiger partial charge >= 0.3 is 0 Å². The average molecular weight is 940 g/mol. The molecule has 0 spiro atoms. The van der Waals surface area contributed by atoms with Crippen molar-refractivity contribution in [1.29, 1.82) is 0 Å². The Morgan fingerprint density at radius 3 is 1.42 bits per heavy atom. The van der Waals surface area contributed by atoms with Gasteiger partial charge in [-0.25, -0.2) is 9.97 Å². The topological polar surface area (TPSA) is 30.7 Å². The first-order valence-corrected chi connectivity index (χ1v) is 25.5. The Hall–Kier alpha value is -9.70. The third-order valence-electron chi connectivity index (χ3n) is 15.6. The fourth-order valence-electron chi connectivity index (χ4n) is 12.5. The SMILES string of the molecule is c1ccc(-c2cc(-c3cccc4c3-c3ccccc3C4(c3ccccc3)c3ccccc3)nc(-c3cc(-c4ccc5c6ccccc6c6ccccc6c5c4)cc(-n4c5ccccc5c5ccccc54)c3)n2)cc1. The number of nitrogens with zero attached hydrogens (tertiary/aromatic N) is 3. The molecule has 3 heteroatoms. The number of benzene rings is 12. The van der Waals surface area contributed by atoms with E-state index in [9.17, 15) is 0 Å². The van der Waals surface area contributed by atoms with Gasteiger partial charge in [-0.3, -0.25) is 0 Å². The van der Waals surface area contributed by atoms with Crippen LogP contribution in [0.4, 0.5) is 0 Å². The molecule has 14 aromatic rings. The van der Waals surface area contributed by atoms with Crippen molar-refractivity contribution in [3.05, 3.63) is 295 Å². The molecule has 0 amide bonds. The second-order valence-corrected chi connectivity index (χ2v) is 19.6. The number of aromatic nitrogens is 3. The summed E-state index contributed by atoms with van der Waals surface area (Å²) in [4.78, 5) is 11.3. The Morgan fingerprint density at radius 1 is 0.284 bits per heavy atom. The molecule has 12 aromatic carbocycles. The molecule has 1 aliphatic rings. The lowest BCUT2D eigenvalue weighted by Gasteiger charge is -2.33. The second-order valence-electron chi connectivity index (χ2n) is 19.6. The van der Waals surface area contributed by atoms with Gasteiger partial charge in [0.2, 0.25) is 0 Å². The Labute approximate surface area is 429 Å². The van der Waals surface area contributed by atoms with Crippen LogP contribution in [0, 0.1) is 0 Å². The van der Waals surface area contributed by atoms with Gasteiger partial charge in [0.25, 0.3) is 0 Å². The molecule has 74 heavy (non-hydrogen) atoms. The van der Waals surface area contributed by atoms with Crippen molar-refractivity contribution >= 4 is 54.1 Å². The van der Waals surface area contributed by atoms with Crippen LogP contribution in [0.15, 0.2) is 273 Å². The van der Waals surface area contributed by atoms with Crippen molar-refractivity contribution in [3.8, 4) is 61.8 Å². The van der Waals surface area contributed by atoms with Gasteiger partial charge in [0.1, 0.15) is 0 Å². The molecule has 0 aliphatic heterocycles. The molecule has 0 saturated carbocycles. The van der Waals surface area contributed by atoms with Crippen LogP contribution in [0.3, 0.4) is 0 Å². The summed E-state index contributed by atoms with van der Waals surface area (Å²) < 4.78 is 2.41. The van der Waals surface area contributed by atoms with Gasteiger partial charge in [0.15, 0.2) is 5.82 Å². The lowest BCUT2D eigenvalue weighted by molar-refractivity contribution is 0.768. The standard InChI is InChI=1S/C71H45N3/c1-4-21-46(22-5-1)65-45-66(61-34-20-36-64-69(61)60-33-14-17-35-63(60)71(64,50-23-6-2-7-24-50)51-25-8-3-9-26-51)73-70(72-65)49-41-48(42-52(43-49)74-67-37-18-15-31-58(67)59-32-16-19-38-68(59)74)47-39-40-57-55-29-11-10-27-53(55)54-28-12-13-30-56(54)62(57)44-47/h1-45H. The summed E-state index contributed by atoms with van der Waals surface area (Å²) in [7, 11) is 0. The van der Waals surface area contributed by atoms with Crippen LogP contribution >= 0.6 is 0 Å². The van der Waals surface area contributed by atoms with Crippen molar-refractivity contribution in [2.45, 2.75) is 5.41 Å². The zero-order valence-corrected chi connectivity index (χ0v) is 40.3. The van der Waals surface area contributed by atoms with E-state index in [1.54, 1.807) is 0 Å². The molecule has 0 radical (unpaired) electrons. The van der Waals surface area contributed by atoms with E-state index in [0.717, 1.165) is 55.9 Å². The van der Waals surface area contributed by atoms with E-state index < -0.39 is 5.41 Å². The van der Waals surface area contributed by atoms with Crippen molar-refractivity contribution in [3.63, 3.8) is 0 Å². The van der Waals surface area contributed by atoms with Crippen molar-refractivity contribution in [2.75, 3.05) is 0 Å². The third kappa shape index (κ3) is 6.33. The van der Waals surface area contributed by atoms with Crippen LogP contribution < -0.4 is 0 Å². The minimum absolute atomic E-state index is 0.550. The molecule has 0 fully saturated rings. The predicted octanol–water partition coefficient (Wildman–Crippen LogP) is 18.1. The van der Waals surface area contributed by atoms with Crippen LogP contribution in [-0.2, 0) is 5.41 Å². The zero-order chi connectivity index (χ0) is 48.7. The lowest BCUT2D eigenvalue weighted by atomic mass is 9.67. The van der Waals surface area contributed by atoms with E-state index in [0.29, 0.717) is 5.82 Å². The summed E-state index contributed by atoms with van der Waals surface area (Å²) in [6.07, 6.45) is 0. The van der Waals surface area contributed by atoms with E-state index >= 15 is 0 Å². The van der Waals surface area contributed by atoms with Gasteiger partial charge in [-0.2, -0.15) is 0 Å². The van der Waals surface area contributed by atoms with E-state index in [4.69, 9.17) is 9.97 Å². The highest BCUT2D eigenvalue weighted by molar-refractivity contribution is 6.25. The number of hydrogen-bond acceptors (Lipinski definition) is 2. The maximum atomic E-state index is 5.73. The number of rotatable bonds is 7. The minimum Gasteiger partial charge on any atom is -0.309 e. The van der Waals surface area contributed by atoms with E-state index in [2.05, 4.69) is 278 Å². The first kappa shape index (κ1) is 42.0. The Bertz CT molecular complexity index is 4410. The fourth-order valence-corrected chi connectivity index (χ4v) is 12.5. The average Bonchev–Trinajstić information content (AvgIpc) is 4.05. The zero-order valence-electron chi connectivity index (χ0n) is 40.3. The molecule has 0 N–H and O–H groups in total. The van der Waals surface area contributed by atoms with Crippen LogP contribution in [0.2, 0.25) is 0 Å². The molecule has 2 heterocycles. The van der Waals surface area contributed by atoms with Gasteiger partial charge in [0.05, 0.1) is 27.8 Å². The lowest BCUT2D eigenvalue weighted by Crippen LogP contribution is -2.28. The molecular formula is C71H45N3. The number of fused-ring (bicyclic) bond motifs is 12. The summed E-state index contributed by atoms with van der Waals surface area (Å²) in [6, 6.07) is 99.6. The smallest absolute Gasteiger partial charge is 0.160 e. The van der Waals surface area contributed by atoms with E-state index in [1.807, 2.05) is 0 Å². The van der Waals surface area contributed by atoms with Crippen molar-refractivity contribution < 1.29 is 0 Å². The summed E-state index contributed by atoms with van der Waals surface area (Å²) in [5, 5.41) is 9.91. The number of hydrogen-bond donors (Lipinski definition) is 0. The highest BCUT2D eigenvalue weighted by Gasteiger charge is 2.47. The molecule has 0 atom stereocenters. The fraction of sp³-hybridized carbons (Fsp3) is 0.0141. The monoisotopic (exact) mass is 939 g/mol. The Balaban J connectivity index is 1.01. The molecule has 0 unspecified atom stereocenters. The third-order valence-corrected chi connectivity index (χ3v) is 15.6. The molecule has 0 saturated heterocycles. The van der Waals surface area contributed by atoms with Gasteiger partial charge in [-0.1, -0.05) is 231 Å². The van der Waals surface area contributed by atoms with Gasteiger partial charge in [0, 0.05) is 33.2 Å². The molecular weight excluding hydrogens is 895 g/mol. The van der Waals surface area contributed by atoms with Crippen LogP contribution in [-0.4, -0.2) is 14.5 Å². The maximum absolute atomic E-state index is 5.73. The summed E-state index contributed by atoms with van der Waals surface area (Å²) in [5.41, 5.74) is 17.1. The second kappa shape index (κ2) is 16.7. The summed E-state index contributed by atoms with van der Waals surface area (Å²) in [5.74, 6) is 0.656. The molecule has 0 bridgehead atoms. The summed E-state index contributed by atoms with van der Waals surface area (Å²) >= 11 is 0. The Kier molecular flexibility index (Phi) is 9.48. The van der Waals surface area contributed by atoms with E-state index in [1.165, 1.54) is 76.5 Å². The molecule has 1 aliphatic carbocycles. The first-order valence-electron chi connectivity index (χ1n) is 25.5. The van der Waals surface area contributed by atoms with Crippen molar-refractivity contribution in [2.24, 2.45) is 0 Å². The number of para-hydroxylation sites is 2. The largest absolute Gasteiger partial charge is 0.309 e. The van der Waals surface area contributed by atoms with Gasteiger partial charge in [-0.15, -0.1) is 0 Å². The maximum Gasteiger partial charge on any atom is 0.160 e. The van der Waals surface area contributed by atoms with Gasteiger partial charge < -0.3 is 4.57 Å². The molecule has 2 aromatic heterocycles. The normalized spacial score (nSPS) is 12.7. The quantitative estimate of drug-likeness (QED) is 0.149. The van der Waals surface area contributed by atoms with Gasteiger partial charge in [-0.05, 0) is 119 Å². The molecule has 344 valence electrons. The Morgan fingerprint density at radius 2 is 0.770 bits per heavy atom. The van der Waals surface area contributed by atoms with Crippen molar-refractivity contribution in [1.82, 2.24) is 14.5 Å². The van der Waals surface area contributed by atoms with Crippen LogP contribution in [0.25, 0.3) is 116 Å². The van der Waals surface area contributed by atoms with E-state index in [-0.39, 0.29) is 0 Å². The highest BCUT2D eigenvalue weighted by atomic mass is 15.0. The molecule has 15 rings (SSSR count). The predicted molar refractivity (Wildman–Crippen MR) is 308 cm³/mol. The highest BCUT2D eigenvalue weighted by Crippen LogP contribution is 2.58. The summed E-state index contributed by atoms with van der Waals surface area (Å²) in [6.45, 7) is 0. The molecule has 3 nitrogen and oxygen atoms in total. The van der Waals surface area contributed by atoms with Crippen LogP contribution in [0.1, 0.15) is 22.3 Å². The van der Waals surface area contributed by atoms with Crippen LogP contribution in [0.5, 0.6) is 0 Å². The minimum atomic E-state index is -0.550. The first-order chi connectivity index (χ1) is 36.7.